The van der Waals surface area contributed by atoms with E-state index in [0.29, 0.717) is 17.9 Å². The fourth-order valence-corrected chi connectivity index (χ4v) is 2.33. The molecule has 0 saturated carbocycles. The first-order valence-corrected chi connectivity index (χ1v) is 7.80. The number of rotatable bonds is 3. The Labute approximate surface area is 131 Å². The monoisotopic (exact) mass is 317 g/mol. The maximum atomic E-state index is 13.0. The van der Waals surface area contributed by atoms with Gasteiger partial charge in [0.25, 0.3) is 0 Å². The molecule has 0 spiro atoms. The molecule has 2 rings (SSSR count). The van der Waals surface area contributed by atoms with Crippen LogP contribution in [0.5, 0.6) is 0 Å². The van der Waals surface area contributed by atoms with Gasteiger partial charge < -0.3 is 15.1 Å². The number of nitrogens with one attached hydrogen (secondary N) is 1. The zero-order chi connectivity index (χ0) is 16.8. The van der Waals surface area contributed by atoms with Gasteiger partial charge in [-0.3, -0.25) is 0 Å². The van der Waals surface area contributed by atoms with Gasteiger partial charge in [-0.15, -0.1) is 0 Å². The lowest BCUT2D eigenvalue weighted by molar-refractivity contribution is -0.137. The molecule has 126 valence electrons. The van der Waals surface area contributed by atoms with Crippen molar-refractivity contribution in [2.45, 2.75) is 26.9 Å². The molecule has 3 nitrogen and oxygen atoms in total. The van der Waals surface area contributed by atoms with Crippen molar-refractivity contribution in [1.82, 2.24) is 4.90 Å². The van der Waals surface area contributed by atoms with Gasteiger partial charge in [0.05, 0.1) is 5.56 Å². The molecule has 6 heteroatoms. The molecule has 22 heavy (non-hydrogen) atoms. The van der Waals surface area contributed by atoms with Crippen LogP contribution in [-0.2, 0) is 6.18 Å². The van der Waals surface area contributed by atoms with Crippen molar-refractivity contribution in [2.75, 3.05) is 50.0 Å². The number of alkyl halides is 3. The molecule has 0 aromatic heterocycles. The lowest BCUT2D eigenvalue weighted by Gasteiger charge is -2.34. The van der Waals surface area contributed by atoms with Crippen LogP contribution in [-0.4, -0.2) is 44.7 Å². The summed E-state index contributed by atoms with van der Waals surface area (Å²) < 4.78 is 38.9. The minimum atomic E-state index is -4.31. The Kier molecular flexibility index (Phi) is 7.00. The molecule has 1 fully saturated rings. The summed E-state index contributed by atoms with van der Waals surface area (Å²) in [5.41, 5.74) is 0.574. The highest BCUT2D eigenvalue weighted by Gasteiger charge is 2.32. The zero-order valence-corrected chi connectivity index (χ0v) is 13.8. The molecule has 1 aromatic carbocycles. The smallest absolute Gasteiger partial charge is 0.385 e. The van der Waals surface area contributed by atoms with E-state index >= 15 is 0 Å². The fraction of sp³-hybridized carbons (Fsp3) is 0.625. The minimum absolute atomic E-state index is 0.524. The lowest BCUT2D eigenvalue weighted by Crippen LogP contribution is -2.44. The van der Waals surface area contributed by atoms with Crippen molar-refractivity contribution < 1.29 is 13.2 Å². The van der Waals surface area contributed by atoms with Crippen LogP contribution in [0.3, 0.4) is 0 Å². The van der Waals surface area contributed by atoms with Crippen molar-refractivity contribution in [2.24, 2.45) is 0 Å². The van der Waals surface area contributed by atoms with Crippen LogP contribution in [0.25, 0.3) is 0 Å². The van der Waals surface area contributed by atoms with Crippen LogP contribution in [0.1, 0.15) is 26.3 Å². The van der Waals surface area contributed by atoms with Crippen molar-refractivity contribution in [3.05, 3.63) is 23.8 Å². The van der Waals surface area contributed by atoms with Crippen LogP contribution in [0.4, 0.5) is 24.5 Å². The van der Waals surface area contributed by atoms with E-state index in [-0.39, 0.29) is 0 Å². The molecule has 1 saturated heterocycles. The second kappa shape index (κ2) is 8.27. The summed E-state index contributed by atoms with van der Waals surface area (Å²) in [6.07, 6.45) is -4.31. The molecule has 0 aliphatic carbocycles. The maximum Gasteiger partial charge on any atom is 0.416 e. The average molecular weight is 317 g/mol. The SMILES string of the molecule is CC.CCNc1cc(N2CCN(C)CC2)cc(C(F)(F)F)c1. The van der Waals surface area contributed by atoms with Crippen molar-refractivity contribution in [3.8, 4) is 0 Å². The van der Waals surface area contributed by atoms with E-state index in [0.717, 1.165) is 26.2 Å². The summed E-state index contributed by atoms with van der Waals surface area (Å²) in [5.74, 6) is 0. The molecule has 1 heterocycles. The van der Waals surface area contributed by atoms with Crippen LogP contribution >= 0.6 is 0 Å². The highest BCUT2D eigenvalue weighted by molar-refractivity contribution is 5.61. The van der Waals surface area contributed by atoms with E-state index in [1.807, 2.05) is 32.7 Å². The molecule has 1 aromatic rings. The zero-order valence-electron chi connectivity index (χ0n) is 13.8. The number of nitrogens with zero attached hydrogens (tertiary/aromatic N) is 2. The van der Waals surface area contributed by atoms with Gasteiger partial charge in [-0.1, -0.05) is 13.8 Å². The number of piperazine rings is 1. The number of benzene rings is 1. The molecule has 0 unspecified atom stereocenters. The summed E-state index contributed by atoms with van der Waals surface area (Å²) in [6, 6.07) is 4.21. The van der Waals surface area contributed by atoms with E-state index in [1.165, 1.54) is 12.1 Å². The van der Waals surface area contributed by atoms with Crippen LogP contribution in [0.2, 0.25) is 0 Å². The van der Waals surface area contributed by atoms with Crippen molar-refractivity contribution >= 4 is 11.4 Å². The number of anilines is 2. The number of halogens is 3. The van der Waals surface area contributed by atoms with Crippen molar-refractivity contribution in [3.63, 3.8) is 0 Å². The van der Waals surface area contributed by atoms with Crippen LogP contribution < -0.4 is 10.2 Å². The minimum Gasteiger partial charge on any atom is -0.385 e. The molecule has 1 aliphatic heterocycles. The first-order chi connectivity index (χ1) is 10.4. The molecule has 0 amide bonds. The van der Waals surface area contributed by atoms with Crippen LogP contribution in [0, 0.1) is 0 Å². The third-order valence-electron chi connectivity index (χ3n) is 3.49. The summed E-state index contributed by atoms with van der Waals surface area (Å²) >= 11 is 0. The van der Waals surface area contributed by atoms with Crippen LogP contribution in [0.15, 0.2) is 18.2 Å². The lowest BCUT2D eigenvalue weighted by atomic mass is 10.1. The molecular weight excluding hydrogens is 291 g/mol. The summed E-state index contributed by atoms with van der Waals surface area (Å²) in [7, 11) is 2.02. The summed E-state index contributed by atoms with van der Waals surface area (Å²) in [5, 5.41) is 2.97. The van der Waals surface area contributed by atoms with E-state index in [2.05, 4.69) is 10.2 Å². The van der Waals surface area contributed by atoms with E-state index in [4.69, 9.17) is 0 Å². The third-order valence-corrected chi connectivity index (χ3v) is 3.49. The maximum absolute atomic E-state index is 13.0. The van der Waals surface area contributed by atoms with Gasteiger partial charge in [-0.25, -0.2) is 0 Å². The largest absolute Gasteiger partial charge is 0.416 e. The Morgan fingerprint density at radius 3 is 2.14 bits per heavy atom. The topological polar surface area (TPSA) is 18.5 Å². The first kappa shape index (κ1) is 18.6. The number of hydrogen-bond acceptors (Lipinski definition) is 3. The van der Waals surface area contributed by atoms with E-state index in [1.54, 1.807) is 6.07 Å². The second-order valence-electron chi connectivity index (χ2n) is 5.09. The summed E-state index contributed by atoms with van der Waals surface area (Å²) in [4.78, 5) is 4.19. The van der Waals surface area contributed by atoms with Gasteiger partial charge in [0.2, 0.25) is 0 Å². The predicted octanol–water partition coefficient (Wildman–Crippen LogP) is 3.92. The Morgan fingerprint density at radius 2 is 1.64 bits per heavy atom. The van der Waals surface area contributed by atoms with Gasteiger partial charge in [-0.2, -0.15) is 13.2 Å². The van der Waals surface area contributed by atoms with Gasteiger partial charge in [-0.05, 0) is 32.2 Å². The first-order valence-electron chi connectivity index (χ1n) is 7.80. The Bertz CT molecular complexity index is 452. The third kappa shape index (κ3) is 5.09. The Morgan fingerprint density at radius 1 is 1.05 bits per heavy atom. The van der Waals surface area contributed by atoms with E-state index in [9.17, 15) is 13.2 Å². The van der Waals surface area contributed by atoms with E-state index < -0.39 is 11.7 Å². The van der Waals surface area contributed by atoms with Gasteiger partial charge in [0.1, 0.15) is 0 Å². The molecule has 1 N–H and O–H groups in total. The van der Waals surface area contributed by atoms with Gasteiger partial charge >= 0.3 is 6.18 Å². The highest BCUT2D eigenvalue weighted by Crippen LogP contribution is 2.34. The molecule has 0 radical (unpaired) electrons. The standard InChI is InChI=1S/C14H20F3N3.C2H6/c1-3-18-12-8-11(14(15,16)17)9-13(10-12)20-6-4-19(2)5-7-20;1-2/h8-10,18H,3-7H2,1-2H3;1-2H3. The molecule has 0 atom stereocenters. The fourth-order valence-electron chi connectivity index (χ4n) is 2.33. The second-order valence-corrected chi connectivity index (χ2v) is 5.09. The van der Waals surface area contributed by atoms with Gasteiger partial charge in [0, 0.05) is 44.1 Å². The van der Waals surface area contributed by atoms with Crippen molar-refractivity contribution in [1.29, 1.82) is 0 Å². The van der Waals surface area contributed by atoms with Gasteiger partial charge in [0.15, 0.2) is 0 Å². The summed E-state index contributed by atoms with van der Waals surface area (Å²) in [6.45, 7) is 9.71. The molecule has 0 bridgehead atoms. The molecule has 1 aliphatic rings. The highest BCUT2D eigenvalue weighted by atomic mass is 19.4. The Balaban J connectivity index is 0.00000116. The average Bonchev–Trinajstić information content (AvgIpc) is 2.49. The number of likely N-dealkylation sites (N-methyl/N-ethyl adjacent to an activating group) is 1. The molecular formula is C16H26F3N3. The number of hydrogen-bond donors (Lipinski definition) is 1. The Hall–Kier alpha value is -1.43. The quantitative estimate of drug-likeness (QED) is 0.912. The normalized spacial score (nSPS) is 16.0. The predicted molar refractivity (Wildman–Crippen MR) is 86.7 cm³/mol.